The molecule has 1 unspecified atom stereocenters. The molecule has 32 heavy (non-hydrogen) atoms. The van der Waals surface area contributed by atoms with Crippen LogP contribution in [0.15, 0.2) is 42.6 Å². The second-order valence-corrected chi connectivity index (χ2v) is 7.90. The molecule has 1 aromatic heterocycles. The third-order valence-electron chi connectivity index (χ3n) is 5.47. The van der Waals surface area contributed by atoms with Crippen LogP contribution in [0.4, 0.5) is 10.1 Å². The first kappa shape index (κ1) is 21.8. The lowest BCUT2D eigenvalue weighted by Crippen LogP contribution is -2.38. The van der Waals surface area contributed by atoms with Gasteiger partial charge in [0.15, 0.2) is 0 Å². The van der Waals surface area contributed by atoms with Crippen molar-refractivity contribution in [3.05, 3.63) is 54.0 Å². The van der Waals surface area contributed by atoms with Crippen LogP contribution >= 0.6 is 0 Å². The van der Waals surface area contributed by atoms with E-state index in [4.69, 9.17) is 15.2 Å². The summed E-state index contributed by atoms with van der Waals surface area (Å²) in [4.78, 5) is 6.57. The Morgan fingerprint density at radius 2 is 1.97 bits per heavy atom. The number of aliphatic hydroxyl groups excluding tert-OH is 1. The Hall–Kier alpha value is -3.41. The molecule has 0 amide bonds. The number of rotatable bonds is 7. The number of nitrogens with zero attached hydrogens (tertiary/aromatic N) is 3. The molecule has 0 radical (unpaired) electrons. The fourth-order valence-corrected chi connectivity index (χ4v) is 3.82. The van der Waals surface area contributed by atoms with Crippen LogP contribution in [0.5, 0.6) is 17.2 Å². The van der Waals surface area contributed by atoms with E-state index in [1.54, 1.807) is 30.5 Å². The second kappa shape index (κ2) is 9.81. The van der Waals surface area contributed by atoms with E-state index in [0.717, 1.165) is 25.9 Å². The summed E-state index contributed by atoms with van der Waals surface area (Å²) < 4.78 is 25.4. The number of pyridine rings is 1. The van der Waals surface area contributed by atoms with Gasteiger partial charge in [-0.2, -0.15) is 5.26 Å². The van der Waals surface area contributed by atoms with Crippen LogP contribution in [0.1, 0.15) is 24.8 Å². The number of anilines is 1. The van der Waals surface area contributed by atoms with Crippen molar-refractivity contribution in [1.82, 2.24) is 9.88 Å². The van der Waals surface area contributed by atoms with Gasteiger partial charge >= 0.3 is 0 Å². The molecule has 1 aliphatic rings. The third kappa shape index (κ3) is 5.07. The summed E-state index contributed by atoms with van der Waals surface area (Å²) >= 11 is 0. The number of piperidine rings is 1. The fourth-order valence-electron chi connectivity index (χ4n) is 3.82. The van der Waals surface area contributed by atoms with Gasteiger partial charge in [-0.3, -0.25) is 4.98 Å². The number of ether oxygens (including phenoxy) is 2. The van der Waals surface area contributed by atoms with Gasteiger partial charge in [-0.25, -0.2) is 4.39 Å². The van der Waals surface area contributed by atoms with Gasteiger partial charge < -0.3 is 25.2 Å². The number of nitrogen functional groups attached to an aromatic ring is 1. The largest absolute Gasteiger partial charge is 0.489 e. The average molecular weight is 436 g/mol. The summed E-state index contributed by atoms with van der Waals surface area (Å²) in [5, 5.41) is 20.6. The van der Waals surface area contributed by atoms with Gasteiger partial charge in [0.25, 0.3) is 0 Å². The number of hydrogen-bond donors (Lipinski definition) is 2. The molecule has 2 aromatic carbocycles. The van der Waals surface area contributed by atoms with Crippen molar-refractivity contribution in [2.75, 3.05) is 32.0 Å². The molecule has 1 aliphatic heterocycles. The Morgan fingerprint density at radius 3 is 2.72 bits per heavy atom. The highest BCUT2D eigenvalue weighted by atomic mass is 19.1. The van der Waals surface area contributed by atoms with Gasteiger partial charge in [0.1, 0.15) is 41.8 Å². The van der Waals surface area contributed by atoms with E-state index in [-0.39, 0.29) is 18.0 Å². The zero-order valence-electron chi connectivity index (χ0n) is 17.6. The molecule has 8 heteroatoms. The van der Waals surface area contributed by atoms with Crippen molar-refractivity contribution in [3.63, 3.8) is 0 Å². The van der Waals surface area contributed by atoms with Crippen molar-refractivity contribution in [3.8, 4) is 23.3 Å². The molecular weight excluding hydrogens is 411 g/mol. The molecular formula is C24H25FN4O3. The predicted molar refractivity (Wildman–Crippen MR) is 119 cm³/mol. The number of nitriles is 1. The Kier molecular flexibility index (Phi) is 6.69. The number of likely N-dealkylation sites (tertiary alicyclic amines) is 1. The lowest BCUT2D eigenvalue weighted by Gasteiger charge is -2.28. The molecule has 0 bridgehead atoms. The van der Waals surface area contributed by atoms with Crippen molar-refractivity contribution in [2.45, 2.75) is 25.4 Å². The van der Waals surface area contributed by atoms with Crippen molar-refractivity contribution >= 4 is 16.6 Å². The minimum absolute atomic E-state index is 0.0352. The normalized spacial score (nSPS) is 15.3. The van der Waals surface area contributed by atoms with E-state index in [0.29, 0.717) is 34.5 Å². The first-order valence-corrected chi connectivity index (χ1v) is 10.6. The smallest absolute Gasteiger partial charge is 0.149 e. The molecule has 1 fully saturated rings. The third-order valence-corrected chi connectivity index (χ3v) is 5.47. The highest BCUT2D eigenvalue weighted by molar-refractivity contribution is 5.88. The Bertz CT molecular complexity index is 1140. The SMILES string of the molecule is N#Cc1cc2c(Oc3ccc(N)c(F)c3)ccnc2cc1OCC(O)CN1CCCCC1. The second-order valence-electron chi connectivity index (χ2n) is 7.90. The lowest BCUT2D eigenvalue weighted by molar-refractivity contribution is 0.0617. The van der Waals surface area contributed by atoms with Crippen molar-refractivity contribution < 1.29 is 19.0 Å². The van der Waals surface area contributed by atoms with E-state index >= 15 is 0 Å². The van der Waals surface area contributed by atoms with Gasteiger partial charge in [-0.1, -0.05) is 6.42 Å². The van der Waals surface area contributed by atoms with Gasteiger partial charge in [0, 0.05) is 30.3 Å². The minimum Gasteiger partial charge on any atom is -0.489 e. The number of halogens is 1. The minimum atomic E-state index is -0.654. The van der Waals surface area contributed by atoms with Crippen LogP contribution in [0.3, 0.4) is 0 Å². The summed E-state index contributed by atoms with van der Waals surface area (Å²) in [5.74, 6) is 0.481. The van der Waals surface area contributed by atoms with E-state index < -0.39 is 11.9 Å². The number of aromatic nitrogens is 1. The molecule has 1 atom stereocenters. The monoisotopic (exact) mass is 436 g/mol. The van der Waals surface area contributed by atoms with Crippen LogP contribution in [-0.2, 0) is 0 Å². The maximum atomic E-state index is 13.8. The summed E-state index contributed by atoms with van der Waals surface area (Å²) in [6.07, 6.45) is 4.44. The van der Waals surface area contributed by atoms with Crippen LogP contribution in [0, 0.1) is 17.1 Å². The highest BCUT2D eigenvalue weighted by Crippen LogP contribution is 2.33. The first-order valence-electron chi connectivity index (χ1n) is 10.6. The summed E-state index contributed by atoms with van der Waals surface area (Å²) in [7, 11) is 0. The van der Waals surface area contributed by atoms with Crippen LogP contribution in [-0.4, -0.2) is 47.3 Å². The summed E-state index contributed by atoms with van der Waals surface area (Å²) in [5.41, 5.74) is 6.40. The maximum absolute atomic E-state index is 13.8. The van der Waals surface area contributed by atoms with E-state index in [9.17, 15) is 14.8 Å². The van der Waals surface area contributed by atoms with E-state index in [2.05, 4.69) is 16.0 Å². The van der Waals surface area contributed by atoms with Gasteiger partial charge in [0.05, 0.1) is 16.8 Å². The summed E-state index contributed by atoms with van der Waals surface area (Å²) in [6.45, 7) is 2.60. The molecule has 2 heterocycles. The predicted octanol–water partition coefficient (Wildman–Crippen LogP) is 3.85. The van der Waals surface area contributed by atoms with E-state index in [1.165, 1.54) is 18.6 Å². The van der Waals surface area contributed by atoms with Crippen LogP contribution in [0.2, 0.25) is 0 Å². The Balaban J connectivity index is 1.52. The van der Waals surface area contributed by atoms with Crippen LogP contribution in [0.25, 0.3) is 10.9 Å². The average Bonchev–Trinajstić information content (AvgIpc) is 2.80. The topological polar surface area (TPSA) is 105 Å². The van der Waals surface area contributed by atoms with Gasteiger partial charge in [-0.15, -0.1) is 0 Å². The molecule has 0 aliphatic carbocycles. The molecule has 0 saturated carbocycles. The number of nitrogens with two attached hydrogens (primary N) is 1. The molecule has 166 valence electrons. The zero-order chi connectivity index (χ0) is 22.5. The fraction of sp³-hybridized carbons (Fsp3) is 0.333. The van der Waals surface area contributed by atoms with Gasteiger partial charge in [0.2, 0.25) is 0 Å². The molecule has 3 aromatic rings. The van der Waals surface area contributed by atoms with Gasteiger partial charge in [-0.05, 0) is 50.2 Å². The van der Waals surface area contributed by atoms with E-state index in [1.807, 2.05) is 0 Å². The lowest BCUT2D eigenvalue weighted by atomic mass is 10.1. The van der Waals surface area contributed by atoms with Crippen LogP contribution < -0.4 is 15.2 Å². The molecule has 1 saturated heterocycles. The number of aliphatic hydroxyl groups is 1. The molecule has 0 spiro atoms. The number of benzene rings is 2. The number of fused-ring (bicyclic) bond motifs is 1. The summed E-state index contributed by atoms with van der Waals surface area (Å²) in [6, 6.07) is 11.2. The maximum Gasteiger partial charge on any atom is 0.149 e. The first-order chi connectivity index (χ1) is 15.5. The molecule has 3 N–H and O–H groups in total. The Morgan fingerprint density at radius 1 is 1.16 bits per heavy atom. The highest BCUT2D eigenvalue weighted by Gasteiger charge is 2.17. The van der Waals surface area contributed by atoms with Crippen molar-refractivity contribution in [2.24, 2.45) is 0 Å². The molecule has 7 nitrogen and oxygen atoms in total. The number of β-amino-alcohol motifs (C(OH)–C–C–N with tert-alkyl or cyclic N) is 1. The standard InChI is InChI=1S/C24H25FN4O3/c25-20-11-18(4-5-21(20)27)32-23-6-7-28-22-12-24(16(13-26)10-19(22)23)31-15-17(30)14-29-8-2-1-3-9-29/h4-7,10-12,17,30H,1-3,8-9,14-15,27H2. The molecule has 4 rings (SSSR count). The Labute approximate surface area is 185 Å². The zero-order valence-corrected chi connectivity index (χ0v) is 17.6. The van der Waals surface area contributed by atoms with Crippen molar-refractivity contribution in [1.29, 1.82) is 5.26 Å². The quantitative estimate of drug-likeness (QED) is 0.542. The number of hydrogen-bond acceptors (Lipinski definition) is 7.